The SMILES string of the molecule is O[C@H](CN1CCC[C@@H](c2ncc(C(F)(F)F)[nH]2)C1)Cn1cccn1. The van der Waals surface area contributed by atoms with E-state index in [1.165, 1.54) is 0 Å². The second-order valence-electron chi connectivity index (χ2n) is 6.16. The number of halogens is 3. The maximum Gasteiger partial charge on any atom is 0.432 e. The number of piperidine rings is 1. The van der Waals surface area contributed by atoms with Crippen LogP contribution >= 0.6 is 0 Å². The van der Waals surface area contributed by atoms with Crippen LogP contribution in [0.15, 0.2) is 24.7 Å². The minimum Gasteiger partial charge on any atom is -0.390 e. The molecule has 6 nitrogen and oxygen atoms in total. The quantitative estimate of drug-likeness (QED) is 0.870. The Labute approximate surface area is 137 Å². The first kappa shape index (κ1) is 17.0. The van der Waals surface area contributed by atoms with Crippen LogP contribution < -0.4 is 0 Å². The Hall–Kier alpha value is -1.87. The molecule has 1 aliphatic heterocycles. The fraction of sp³-hybridized carbons (Fsp3) is 0.600. The number of hydrogen-bond acceptors (Lipinski definition) is 4. The number of rotatable bonds is 5. The first-order valence-electron chi connectivity index (χ1n) is 7.92. The Kier molecular flexibility index (Phi) is 4.91. The van der Waals surface area contributed by atoms with E-state index in [1.807, 2.05) is 0 Å². The molecule has 3 heterocycles. The standard InChI is InChI=1S/C15H20F3N5O/c16-15(17,18)13-7-19-14(21-13)11-3-1-5-22(8-11)9-12(24)10-23-6-2-4-20-23/h2,4,6-7,11-12,24H,1,3,5,8-10H2,(H,19,21)/t11-,12-/m1/s1. The van der Waals surface area contributed by atoms with Crippen LogP contribution in [-0.2, 0) is 12.7 Å². The molecule has 2 aromatic heterocycles. The maximum atomic E-state index is 12.7. The third-order valence-electron chi connectivity index (χ3n) is 4.22. The lowest BCUT2D eigenvalue weighted by Crippen LogP contribution is -2.41. The van der Waals surface area contributed by atoms with Crippen LogP contribution in [0.25, 0.3) is 0 Å². The van der Waals surface area contributed by atoms with Crippen LogP contribution in [0.3, 0.4) is 0 Å². The van der Waals surface area contributed by atoms with Crippen molar-refractivity contribution < 1.29 is 18.3 Å². The fourth-order valence-electron chi connectivity index (χ4n) is 3.11. The molecule has 0 spiro atoms. The van der Waals surface area contributed by atoms with Crippen molar-refractivity contribution in [3.8, 4) is 0 Å². The average molecular weight is 343 g/mol. The van der Waals surface area contributed by atoms with E-state index in [-0.39, 0.29) is 5.92 Å². The molecule has 1 fully saturated rings. The number of β-amino-alcohol motifs (C(OH)–C–C–N with tert-alkyl or cyclic N) is 1. The van der Waals surface area contributed by atoms with E-state index in [0.717, 1.165) is 25.6 Å². The van der Waals surface area contributed by atoms with Gasteiger partial charge in [0.2, 0.25) is 0 Å². The molecule has 24 heavy (non-hydrogen) atoms. The fourth-order valence-corrected chi connectivity index (χ4v) is 3.11. The van der Waals surface area contributed by atoms with E-state index in [1.54, 1.807) is 23.1 Å². The van der Waals surface area contributed by atoms with Crippen molar-refractivity contribution in [3.05, 3.63) is 36.2 Å². The number of likely N-dealkylation sites (tertiary alicyclic amines) is 1. The van der Waals surface area contributed by atoms with Gasteiger partial charge in [0.15, 0.2) is 0 Å². The van der Waals surface area contributed by atoms with Crippen molar-refractivity contribution in [2.24, 2.45) is 0 Å². The number of aliphatic hydroxyl groups excluding tert-OH is 1. The van der Waals surface area contributed by atoms with Gasteiger partial charge in [0.05, 0.1) is 18.8 Å². The van der Waals surface area contributed by atoms with Crippen LogP contribution in [0.2, 0.25) is 0 Å². The number of hydrogen-bond donors (Lipinski definition) is 2. The highest BCUT2D eigenvalue weighted by atomic mass is 19.4. The molecule has 0 saturated carbocycles. The summed E-state index contributed by atoms with van der Waals surface area (Å²) in [5, 5.41) is 14.2. The third-order valence-corrected chi connectivity index (χ3v) is 4.22. The minimum absolute atomic E-state index is 0.0771. The number of aromatic amines is 1. The van der Waals surface area contributed by atoms with Crippen molar-refractivity contribution in [2.45, 2.75) is 37.6 Å². The summed E-state index contributed by atoms with van der Waals surface area (Å²) in [7, 11) is 0. The van der Waals surface area contributed by atoms with Gasteiger partial charge in [-0.05, 0) is 25.5 Å². The Bertz CT molecular complexity index is 640. The second-order valence-corrected chi connectivity index (χ2v) is 6.16. The van der Waals surface area contributed by atoms with Gasteiger partial charge in [-0.2, -0.15) is 18.3 Å². The number of imidazole rings is 1. The molecule has 2 atom stereocenters. The van der Waals surface area contributed by atoms with E-state index in [0.29, 0.717) is 25.5 Å². The number of alkyl halides is 3. The molecule has 0 unspecified atom stereocenters. The highest BCUT2D eigenvalue weighted by molar-refractivity contribution is 5.09. The summed E-state index contributed by atoms with van der Waals surface area (Å²) >= 11 is 0. The summed E-state index contributed by atoms with van der Waals surface area (Å²) in [5.41, 5.74) is -0.812. The number of nitrogens with one attached hydrogen (secondary N) is 1. The predicted octanol–water partition coefficient (Wildman–Crippen LogP) is 1.87. The van der Waals surface area contributed by atoms with Gasteiger partial charge in [-0.1, -0.05) is 0 Å². The average Bonchev–Trinajstić information content (AvgIpc) is 3.17. The topological polar surface area (TPSA) is 70.0 Å². The molecule has 3 rings (SSSR count). The summed E-state index contributed by atoms with van der Waals surface area (Å²) in [6, 6.07) is 1.79. The molecular formula is C15H20F3N5O. The van der Waals surface area contributed by atoms with Crippen LogP contribution in [0.4, 0.5) is 13.2 Å². The van der Waals surface area contributed by atoms with E-state index in [9.17, 15) is 18.3 Å². The molecule has 2 N–H and O–H groups in total. The molecule has 1 saturated heterocycles. The van der Waals surface area contributed by atoms with Gasteiger partial charge in [0, 0.05) is 31.4 Å². The summed E-state index contributed by atoms with van der Waals surface area (Å²) in [5.74, 6) is 0.292. The van der Waals surface area contributed by atoms with Gasteiger partial charge < -0.3 is 10.1 Å². The van der Waals surface area contributed by atoms with Crippen molar-refractivity contribution in [2.75, 3.05) is 19.6 Å². The molecule has 0 aromatic carbocycles. The van der Waals surface area contributed by atoms with Gasteiger partial charge in [-0.3, -0.25) is 9.58 Å². The number of aromatic nitrogens is 4. The van der Waals surface area contributed by atoms with Crippen LogP contribution in [0, 0.1) is 0 Å². The van der Waals surface area contributed by atoms with Crippen molar-refractivity contribution in [1.82, 2.24) is 24.6 Å². The predicted molar refractivity (Wildman–Crippen MR) is 80.2 cm³/mol. The summed E-state index contributed by atoms with van der Waals surface area (Å²) in [6.07, 6.45) is 0.951. The second kappa shape index (κ2) is 6.94. The number of nitrogens with zero attached hydrogens (tertiary/aromatic N) is 4. The first-order valence-corrected chi connectivity index (χ1v) is 7.92. The largest absolute Gasteiger partial charge is 0.432 e. The van der Waals surface area contributed by atoms with Crippen LogP contribution in [-0.4, -0.2) is 55.5 Å². The third kappa shape index (κ3) is 4.15. The minimum atomic E-state index is -4.40. The molecular weight excluding hydrogens is 323 g/mol. The Balaban J connectivity index is 1.57. The van der Waals surface area contributed by atoms with Crippen LogP contribution in [0.1, 0.15) is 30.3 Å². The molecule has 0 radical (unpaired) electrons. The summed E-state index contributed by atoms with van der Waals surface area (Å²) in [6.45, 7) is 2.26. The maximum absolute atomic E-state index is 12.7. The smallest absolute Gasteiger partial charge is 0.390 e. The van der Waals surface area contributed by atoms with Gasteiger partial charge in [-0.15, -0.1) is 0 Å². The van der Waals surface area contributed by atoms with Gasteiger partial charge in [0.25, 0.3) is 0 Å². The Morgan fingerprint density at radius 2 is 2.21 bits per heavy atom. The lowest BCUT2D eigenvalue weighted by molar-refractivity contribution is -0.141. The number of aliphatic hydroxyl groups is 1. The molecule has 2 aromatic rings. The summed E-state index contributed by atoms with van der Waals surface area (Å²) < 4.78 is 39.7. The van der Waals surface area contributed by atoms with Gasteiger partial charge in [0.1, 0.15) is 11.5 Å². The Morgan fingerprint density at radius 3 is 2.88 bits per heavy atom. The highest BCUT2D eigenvalue weighted by Gasteiger charge is 2.34. The monoisotopic (exact) mass is 343 g/mol. The zero-order valence-corrected chi connectivity index (χ0v) is 13.1. The molecule has 0 amide bonds. The lowest BCUT2D eigenvalue weighted by Gasteiger charge is -2.33. The van der Waals surface area contributed by atoms with Gasteiger partial charge in [-0.25, -0.2) is 4.98 Å². The first-order chi connectivity index (χ1) is 11.4. The normalized spacial score (nSPS) is 21.1. The van der Waals surface area contributed by atoms with Crippen molar-refractivity contribution in [3.63, 3.8) is 0 Å². The lowest BCUT2D eigenvalue weighted by atomic mass is 9.97. The van der Waals surface area contributed by atoms with E-state index >= 15 is 0 Å². The van der Waals surface area contributed by atoms with Gasteiger partial charge >= 0.3 is 6.18 Å². The molecule has 0 aliphatic carbocycles. The summed E-state index contributed by atoms with van der Waals surface area (Å²) in [4.78, 5) is 8.36. The molecule has 1 aliphatic rings. The van der Waals surface area contributed by atoms with E-state index in [4.69, 9.17) is 0 Å². The zero-order valence-electron chi connectivity index (χ0n) is 13.1. The highest BCUT2D eigenvalue weighted by Crippen LogP contribution is 2.31. The van der Waals surface area contributed by atoms with E-state index in [2.05, 4.69) is 20.0 Å². The number of H-pyrrole nitrogens is 1. The zero-order chi connectivity index (χ0) is 17.2. The van der Waals surface area contributed by atoms with E-state index < -0.39 is 18.0 Å². The molecule has 0 bridgehead atoms. The Morgan fingerprint density at radius 1 is 1.38 bits per heavy atom. The molecule has 132 valence electrons. The van der Waals surface area contributed by atoms with Crippen LogP contribution in [0.5, 0.6) is 0 Å². The molecule has 9 heteroatoms. The van der Waals surface area contributed by atoms with Crippen molar-refractivity contribution in [1.29, 1.82) is 0 Å². The van der Waals surface area contributed by atoms with Crippen molar-refractivity contribution >= 4 is 0 Å².